The summed E-state index contributed by atoms with van der Waals surface area (Å²) in [7, 11) is 0. The molecule has 2 heterocycles. The van der Waals surface area contributed by atoms with Crippen molar-refractivity contribution in [3.8, 4) is 0 Å². The first-order valence-electron chi connectivity index (χ1n) is 5.10. The van der Waals surface area contributed by atoms with Crippen LogP contribution in [0.3, 0.4) is 0 Å². The summed E-state index contributed by atoms with van der Waals surface area (Å²) in [5.74, 6) is 0.659. The molecular formula is C12H12N2O. The van der Waals surface area contributed by atoms with E-state index >= 15 is 0 Å². The first-order chi connectivity index (χ1) is 7.36. The van der Waals surface area contributed by atoms with Crippen LogP contribution in [0.4, 0.5) is 5.82 Å². The van der Waals surface area contributed by atoms with Crippen molar-refractivity contribution in [1.82, 2.24) is 4.98 Å². The minimum absolute atomic E-state index is 0.655. The Morgan fingerprint density at radius 3 is 3.00 bits per heavy atom. The van der Waals surface area contributed by atoms with Gasteiger partial charge in [-0.3, -0.25) is 0 Å². The molecular weight excluding hydrogens is 188 g/mol. The fourth-order valence-corrected chi connectivity index (χ4v) is 2.13. The number of aromatic nitrogens is 1. The van der Waals surface area contributed by atoms with Gasteiger partial charge in [-0.05, 0) is 18.1 Å². The van der Waals surface area contributed by atoms with E-state index < -0.39 is 0 Å². The molecule has 0 saturated heterocycles. The van der Waals surface area contributed by atoms with Crippen LogP contribution in [0.5, 0.6) is 0 Å². The number of para-hydroxylation sites is 1. The molecule has 0 radical (unpaired) electrons. The molecule has 1 aliphatic rings. The van der Waals surface area contributed by atoms with Crippen molar-refractivity contribution in [1.29, 1.82) is 0 Å². The van der Waals surface area contributed by atoms with Crippen LogP contribution in [0, 0.1) is 0 Å². The molecule has 15 heavy (non-hydrogen) atoms. The highest BCUT2D eigenvalue weighted by atomic mass is 16.5. The zero-order chi connectivity index (χ0) is 10.3. The minimum Gasteiger partial charge on any atom is -0.383 e. The first-order valence-corrected chi connectivity index (χ1v) is 5.10. The van der Waals surface area contributed by atoms with Gasteiger partial charge in [-0.1, -0.05) is 18.2 Å². The molecule has 1 aromatic carbocycles. The molecule has 0 saturated carbocycles. The summed E-state index contributed by atoms with van der Waals surface area (Å²) < 4.78 is 5.48. The maximum atomic E-state index is 5.94. The summed E-state index contributed by atoms with van der Waals surface area (Å²) in [6, 6.07) is 8.07. The SMILES string of the molecule is Nc1nc2ccccc2c2c1CCOC2. The zero-order valence-electron chi connectivity index (χ0n) is 8.36. The van der Waals surface area contributed by atoms with Gasteiger partial charge in [-0.15, -0.1) is 0 Å². The normalized spacial score (nSPS) is 15.2. The molecule has 1 aromatic heterocycles. The monoisotopic (exact) mass is 200 g/mol. The molecule has 2 aromatic rings. The molecule has 3 heteroatoms. The predicted octanol–water partition coefficient (Wildman–Crippen LogP) is 1.89. The van der Waals surface area contributed by atoms with Gasteiger partial charge in [0.25, 0.3) is 0 Å². The first kappa shape index (κ1) is 8.68. The highest BCUT2D eigenvalue weighted by molar-refractivity contribution is 5.85. The molecule has 1 aliphatic heterocycles. The maximum absolute atomic E-state index is 5.94. The Hall–Kier alpha value is -1.61. The van der Waals surface area contributed by atoms with Crippen LogP contribution < -0.4 is 5.73 Å². The van der Waals surface area contributed by atoms with Crippen LogP contribution in [0.25, 0.3) is 10.9 Å². The van der Waals surface area contributed by atoms with Gasteiger partial charge in [-0.2, -0.15) is 0 Å². The Balaban J connectivity index is 2.39. The molecule has 0 atom stereocenters. The van der Waals surface area contributed by atoms with Crippen molar-refractivity contribution < 1.29 is 4.74 Å². The summed E-state index contributed by atoms with van der Waals surface area (Å²) >= 11 is 0. The molecule has 0 amide bonds. The van der Waals surface area contributed by atoms with E-state index in [1.165, 1.54) is 16.5 Å². The summed E-state index contributed by atoms with van der Waals surface area (Å²) in [4.78, 5) is 4.41. The number of ether oxygens (including phenoxy) is 1. The molecule has 0 fully saturated rings. The van der Waals surface area contributed by atoms with Gasteiger partial charge in [0, 0.05) is 10.9 Å². The van der Waals surface area contributed by atoms with Gasteiger partial charge < -0.3 is 10.5 Å². The summed E-state index contributed by atoms with van der Waals surface area (Å²) in [5.41, 5.74) is 9.28. The van der Waals surface area contributed by atoms with E-state index in [2.05, 4.69) is 11.1 Å². The van der Waals surface area contributed by atoms with Gasteiger partial charge in [0.05, 0.1) is 18.7 Å². The van der Waals surface area contributed by atoms with Crippen molar-refractivity contribution in [3.63, 3.8) is 0 Å². The summed E-state index contributed by atoms with van der Waals surface area (Å²) in [6.45, 7) is 1.40. The van der Waals surface area contributed by atoms with E-state index in [9.17, 15) is 0 Å². The second-order valence-corrected chi connectivity index (χ2v) is 3.77. The Morgan fingerprint density at radius 1 is 1.20 bits per heavy atom. The topological polar surface area (TPSA) is 48.1 Å². The fraction of sp³-hybridized carbons (Fsp3) is 0.250. The van der Waals surface area contributed by atoms with Crippen molar-refractivity contribution in [2.24, 2.45) is 0 Å². The van der Waals surface area contributed by atoms with Crippen LogP contribution >= 0.6 is 0 Å². The lowest BCUT2D eigenvalue weighted by atomic mass is 9.99. The Kier molecular flexibility index (Phi) is 1.86. The van der Waals surface area contributed by atoms with Crippen molar-refractivity contribution >= 4 is 16.7 Å². The molecule has 0 spiro atoms. The lowest BCUT2D eigenvalue weighted by Gasteiger charge is -2.19. The number of nitrogens with zero attached hydrogens (tertiary/aromatic N) is 1. The Bertz CT molecular complexity index is 522. The Morgan fingerprint density at radius 2 is 2.07 bits per heavy atom. The number of nitrogens with two attached hydrogens (primary N) is 1. The van der Waals surface area contributed by atoms with Gasteiger partial charge in [0.2, 0.25) is 0 Å². The highest BCUT2D eigenvalue weighted by Gasteiger charge is 2.16. The van der Waals surface area contributed by atoms with E-state index in [1.54, 1.807) is 0 Å². The highest BCUT2D eigenvalue weighted by Crippen LogP contribution is 2.28. The van der Waals surface area contributed by atoms with Gasteiger partial charge >= 0.3 is 0 Å². The van der Waals surface area contributed by atoms with Crippen LogP contribution in [0.1, 0.15) is 11.1 Å². The van der Waals surface area contributed by atoms with Crippen molar-refractivity contribution in [3.05, 3.63) is 35.4 Å². The average Bonchev–Trinajstić information content (AvgIpc) is 2.30. The van der Waals surface area contributed by atoms with Crippen molar-refractivity contribution in [2.45, 2.75) is 13.0 Å². The molecule has 0 unspecified atom stereocenters. The number of rotatable bonds is 0. The predicted molar refractivity (Wildman–Crippen MR) is 59.5 cm³/mol. The van der Waals surface area contributed by atoms with Crippen LogP contribution in [0.2, 0.25) is 0 Å². The summed E-state index contributed by atoms with van der Waals surface area (Å²) in [6.07, 6.45) is 0.874. The second kappa shape index (κ2) is 3.21. The number of pyridine rings is 1. The number of anilines is 1. The lowest BCUT2D eigenvalue weighted by molar-refractivity contribution is 0.112. The summed E-state index contributed by atoms with van der Waals surface area (Å²) in [5, 5.41) is 1.17. The molecule has 0 aliphatic carbocycles. The van der Waals surface area contributed by atoms with Crippen LogP contribution in [0.15, 0.2) is 24.3 Å². The minimum atomic E-state index is 0.655. The van der Waals surface area contributed by atoms with E-state index in [0.717, 1.165) is 18.5 Å². The fourth-order valence-electron chi connectivity index (χ4n) is 2.13. The van der Waals surface area contributed by atoms with E-state index in [-0.39, 0.29) is 0 Å². The lowest BCUT2D eigenvalue weighted by Crippen LogP contribution is -2.13. The van der Waals surface area contributed by atoms with Gasteiger partial charge in [0.15, 0.2) is 0 Å². The van der Waals surface area contributed by atoms with Gasteiger partial charge in [-0.25, -0.2) is 4.98 Å². The number of nitrogen functional groups attached to an aromatic ring is 1. The van der Waals surface area contributed by atoms with E-state index in [1.807, 2.05) is 18.2 Å². The quantitative estimate of drug-likeness (QED) is 0.706. The van der Waals surface area contributed by atoms with Crippen molar-refractivity contribution in [2.75, 3.05) is 12.3 Å². The molecule has 76 valence electrons. The second-order valence-electron chi connectivity index (χ2n) is 3.77. The largest absolute Gasteiger partial charge is 0.383 e. The number of hydrogen-bond donors (Lipinski definition) is 1. The molecule has 2 N–H and O–H groups in total. The molecule has 3 nitrogen and oxygen atoms in total. The van der Waals surface area contributed by atoms with E-state index in [4.69, 9.17) is 10.5 Å². The smallest absolute Gasteiger partial charge is 0.127 e. The van der Waals surface area contributed by atoms with Crippen LogP contribution in [-0.4, -0.2) is 11.6 Å². The number of fused-ring (bicyclic) bond motifs is 3. The van der Waals surface area contributed by atoms with Crippen LogP contribution in [-0.2, 0) is 17.8 Å². The van der Waals surface area contributed by atoms with E-state index in [0.29, 0.717) is 12.4 Å². The Labute approximate surface area is 87.9 Å². The molecule has 3 rings (SSSR count). The number of benzene rings is 1. The standard InChI is InChI=1S/C12H12N2O/c13-12-9-5-6-15-7-10(9)8-3-1-2-4-11(8)14-12/h1-4H,5-7H2,(H2,13,14). The third kappa shape index (κ3) is 1.27. The third-order valence-electron chi connectivity index (χ3n) is 2.89. The third-order valence-corrected chi connectivity index (χ3v) is 2.89. The zero-order valence-corrected chi connectivity index (χ0v) is 8.36. The number of hydrogen-bond acceptors (Lipinski definition) is 3. The van der Waals surface area contributed by atoms with Gasteiger partial charge in [0.1, 0.15) is 5.82 Å². The molecule has 0 bridgehead atoms. The maximum Gasteiger partial charge on any atom is 0.127 e. The average molecular weight is 200 g/mol.